The van der Waals surface area contributed by atoms with Gasteiger partial charge in [-0.15, -0.1) is 0 Å². The van der Waals surface area contributed by atoms with Gasteiger partial charge in [0, 0.05) is 25.6 Å². The van der Waals surface area contributed by atoms with E-state index in [1.807, 2.05) is 0 Å². The van der Waals surface area contributed by atoms with Crippen LogP contribution < -0.4 is 0 Å². The number of nitro groups is 1. The molecule has 0 heterocycles. The summed E-state index contributed by atoms with van der Waals surface area (Å²) in [5, 5.41) is 11.1. The minimum Gasteiger partial charge on any atom is -0.498 e. The Bertz CT molecular complexity index is 307. The van der Waals surface area contributed by atoms with Crippen LogP contribution in [0.1, 0.15) is 19.8 Å². The second kappa shape index (κ2) is 6.70. The lowest BCUT2D eigenvalue weighted by atomic mass is 9.81. The van der Waals surface area contributed by atoms with E-state index in [0.29, 0.717) is 25.2 Å². The van der Waals surface area contributed by atoms with E-state index in [-0.39, 0.29) is 23.0 Å². The normalized spacial score (nSPS) is 31.9. The second-order valence-electron chi connectivity index (χ2n) is 4.65. The van der Waals surface area contributed by atoms with Gasteiger partial charge in [-0.25, -0.2) is 0 Å². The van der Waals surface area contributed by atoms with Crippen LogP contribution >= 0.6 is 0 Å². The molecule has 6 nitrogen and oxygen atoms in total. The zero-order chi connectivity index (χ0) is 13.7. The van der Waals surface area contributed by atoms with Crippen LogP contribution in [0.3, 0.4) is 0 Å². The molecule has 1 fully saturated rings. The molecule has 6 heteroatoms. The average Bonchev–Trinajstić information content (AvgIpc) is 2.34. The lowest BCUT2D eigenvalue weighted by Gasteiger charge is -2.35. The summed E-state index contributed by atoms with van der Waals surface area (Å²) < 4.78 is 15.9. The highest BCUT2D eigenvalue weighted by Gasteiger charge is 2.44. The molecular formula is C12H21NO5. The van der Waals surface area contributed by atoms with Crippen molar-refractivity contribution in [2.24, 2.45) is 5.92 Å². The molecule has 104 valence electrons. The monoisotopic (exact) mass is 259 g/mol. The van der Waals surface area contributed by atoms with Crippen molar-refractivity contribution in [2.75, 3.05) is 20.8 Å². The van der Waals surface area contributed by atoms with E-state index in [1.165, 1.54) is 0 Å². The number of allylic oxidation sites excluding steroid dienone is 1. The Labute approximate surface area is 107 Å². The number of nitrogens with zero attached hydrogens (tertiary/aromatic N) is 1. The first-order valence-corrected chi connectivity index (χ1v) is 5.97. The molecule has 0 bridgehead atoms. The van der Waals surface area contributed by atoms with Crippen molar-refractivity contribution in [1.82, 2.24) is 0 Å². The maximum atomic E-state index is 11.1. The first-order valence-electron chi connectivity index (χ1n) is 5.97. The largest absolute Gasteiger partial charge is 0.498 e. The smallest absolute Gasteiger partial charge is 0.221 e. The molecule has 1 saturated carbocycles. The standard InChI is InChI=1S/C12H21NO5/c1-8(2)18-7-9-5-11(16-3)12(17-4)6-10(9)13(14)15/h9-12H,1,5-7H2,2-4H3. The van der Waals surface area contributed by atoms with Gasteiger partial charge in [-0.1, -0.05) is 6.58 Å². The van der Waals surface area contributed by atoms with Crippen molar-refractivity contribution in [3.05, 3.63) is 22.5 Å². The fraction of sp³-hybridized carbons (Fsp3) is 0.833. The molecule has 1 aliphatic rings. The lowest BCUT2D eigenvalue weighted by molar-refractivity contribution is -0.540. The van der Waals surface area contributed by atoms with Crippen LogP contribution in [0.5, 0.6) is 0 Å². The Kier molecular flexibility index (Phi) is 5.55. The van der Waals surface area contributed by atoms with Gasteiger partial charge in [-0.3, -0.25) is 10.1 Å². The highest BCUT2D eigenvalue weighted by molar-refractivity contribution is 4.88. The molecular weight excluding hydrogens is 238 g/mol. The van der Waals surface area contributed by atoms with Gasteiger partial charge in [0.1, 0.15) is 0 Å². The molecule has 0 N–H and O–H groups in total. The van der Waals surface area contributed by atoms with Crippen LogP contribution in [0.15, 0.2) is 12.3 Å². The first kappa shape index (κ1) is 14.9. The molecule has 0 aromatic carbocycles. The van der Waals surface area contributed by atoms with Crippen LogP contribution in [0.25, 0.3) is 0 Å². The summed E-state index contributed by atoms with van der Waals surface area (Å²) >= 11 is 0. The topological polar surface area (TPSA) is 70.8 Å². The summed E-state index contributed by atoms with van der Waals surface area (Å²) in [6.07, 6.45) is 0.566. The molecule has 0 saturated heterocycles. The van der Waals surface area contributed by atoms with Crippen LogP contribution in [-0.2, 0) is 14.2 Å². The average molecular weight is 259 g/mol. The summed E-state index contributed by atoms with van der Waals surface area (Å²) in [4.78, 5) is 10.9. The number of hydrogen-bond donors (Lipinski definition) is 0. The van der Waals surface area contributed by atoms with Gasteiger partial charge in [-0.05, 0) is 13.3 Å². The van der Waals surface area contributed by atoms with Gasteiger partial charge in [0.25, 0.3) is 0 Å². The molecule has 1 aliphatic carbocycles. The second-order valence-corrected chi connectivity index (χ2v) is 4.65. The predicted octanol–water partition coefficient (Wildman–Crippen LogP) is 1.62. The van der Waals surface area contributed by atoms with Crippen molar-refractivity contribution in [1.29, 1.82) is 0 Å². The summed E-state index contributed by atoms with van der Waals surface area (Å²) in [5.41, 5.74) is 0. The summed E-state index contributed by atoms with van der Waals surface area (Å²) in [6, 6.07) is -0.652. The SMILES string of the molecule is C=C(C)OCC1CC(OC)C(OC)CC1[N+](=O)[O-]. The molecule has 4 atom stereocenters. The number of methoxy groups -OCH3 is 2. The predicted molar refractivity (Wildman–Crippen MR) is 65.9 cm³/mol. The van der Waals surface area contributed by atoms with E-state index < -0.39 is 6.04 Å². The maximum Gasteiger partial charge on any atom is 0.221 e. The zero-order valence-corrected chi connectivity index (χ0v) is 11.1. The highest BCUT2D eigenvalue weighted by atomic mass is 16.6. The van der Waals surface area contributed by atoms with E-state index in [0.717, 1.165) is 0 Å². The van der Waals surface area contributed by atoms with Crippen LogP contribution in [-0.4, -0.2) is 44.0 Å². The van der Waals surface area contributed by atoms with E-state index in [2.05, 4.69) is 6.58 Å². The van der Waals surface area contributed by atoms with Crippen molar-refractivity contribution in [2.45, 2.75) is 38.0 Å². The molecule has 0 aromatic rings. The quantitative estimate of drug-likeness (QED) is 0.412. The van der Waals surface area contributed by atoms with Gasteiger partial charge in [-0.2, -0.15) is 0 Å². The summed E-state index contributed by atoms with van der Waals surface area (Å²) in [6.45, 7) is 5.67. The third-order valence-corrected chi connectivity index (χ3v) is 3.39. The molecule has 18 heavy (non-hydrogen) atoms. The van der Waals surface area contributed by atoms with Crippen molar-refractivity contribution in [3.63, 3.8) is 0 Å². The Balaban J connectivity index is 2.72. The molecule has 1 rings (SSSR count). The fourth-order valence-electron chi connectivity index (χ4n) is 2.37. The lowest BCUT2D eigenvalue weighted by Crippen LogP contribution is -2.48. The molecule has 0 amide bonds. The summed E-state index contributed by atoms with van der Waals surface area (Å²) in [7, 11) is 3.15. The van der Waals surface area contributed by atoms with Gasteiger partial charge in [0.15, 0.2) is 0 Å². The van der Waals surface area contributed by atoms with Crippen LogP contribution in [0, 0.1) is 16.0 Å². The van der Waals surface area contributed by atoms with E-state index >= 15 is 0 Å². The Morgan fingerprint density at radius 3 is 2.33 bits per heavy atom. The third-order valence-electron chi connectivity index (χ3n) is 3.39. The number of ether oxygens (including phenoxy) is 3. The molecule has 0 aliphatic heterocycles. The van der Waals surface area contributed by atoms with Crippen molar-refractivity contribution in [3.8, 4) is 0 Å². The van der Waals surface area contributed by atoms with Crippen LogP contribution in [0.2, 0.25) is 0 Å². The van der Waals surface area contributed by atoms with Gasteiger partial charge >= 0.3 is 0 Å². The Hall–Kier alpha value is -1.14. The highest BCUT2D eigenvalue weighted by Crippen LogP contribution is 2.30. The van der Waals surface area contributed by atoms with Gasteiger partial charge < -0.3 is 14.2 Å². The van der Waals surface area contributed by atoms with Crippen molar-refractivity contribution >= 4 is 0 Å². The van der Waals surface area contributed by atoms with Gasteiger partial charge in [0.05, 0.1) is 30.5 Å². The number of rotatable bonds is 6. The fourth-order valence-corrected chi connectivity index (χ4v) is 2.37. The molecule has 4 unspecified atom stereocenters. The summed E-state index contributed by atoms with van der Waals surface area (Å²) in [5.74, 6) is 0.396. The Morgan fingerprint density at radius 2 is 1.89 bits per heavy atom. The van der Waals surface area contributed by atoms with E-state index in [1.54, 1.807) is 21.1 Å². The van der Waals surface area contributed by atoms with Crippen LogP contribution in [0.4, 0.5) is 0 Å². The number of hydrogen-bond acceptors (Lipinski definition) is 5. The minimum atomic E-state index is -0.652. The zero-order valence-electron chi connectivity index (χ0n) is 11.1. The third kappa shape index (κ3) is 3.68. The molecule has 0 spiro atoms. The minimum absolute atomic E-state index is 0.120. The molecule has 0 aromatic heterocycles. The first-order chi connectivity index (χ1) is 8.49. The van der Waals surface area contributed by atoms with Crippen molar-refractivity contribution < 1.29 is 19.1 Å². The maximum absolute atomic E-state index is 11.1. The Morgan fingerprint density at radius 1 is 1.33 bits per heavy atom. The van der Waals surface area contributed by atoms with Gasteiger partial charge in [0.2, 0.25) is 6.04 Å². The van der Waals surface area contributed by atoms with E-state index in [4.69, 9.17) is 14.2 Å². The molecule has 0 radical (unpaired) electrons. The van der Waals surface area contributed by atoms with E-state index in [9.17, 15) is 10.1 Å².